The molecule has 0 radical (unpaired) electrons. The molecule has 1 aromatic heterocycles. The molecule has 218 valence electrons. The number of ether oxygens (including phenoxy) is 1. The van der Waals surface area contributed by atoms with E-state index in [4.69, 9.17) is 4.74 Å². The Hall–Kier alpha value is -3.46. The van der Waals surface area contributed by atoms with Gasteiger partial charge in [-0.1, -0.05) is 81.4 Å². The zero-order valence-electron chi connectivity index (χ0n) is 24.5. The van der Waals surface area contributed by atoms with Crippen LogP contribution in [0.2, 0.25) is 0 Å². The molecule has 0 fully saturated rings. The fourth-order valence-corrected chi connectivity index (χ4v) is 6.33. The molecule has 0 aliphatic carbocycles. The molecule has 4 aromatic rings. The van der Waals surface area contributed by atoms with Gasteiger partial charge in [0.1, 0.15) is 0 Å². The summed E-state index contributed by atoms with van der Waals surface area (Å²) < 4.78 is 33.6. The lowest BCUT2D eigenvalue weighted by Gasteiger charge is -2.28. The zero-order valence-corrected chi connectivity index (χ0v) is 25.3. The van der Waals surface area contributed by atoms with Crippen LogP contribution in [0.5, 0.6) is 0 Å². The highest BCUT2D eigenvalue weighted by Gasteiger charge is 2.28. The number of hydrogen-bond acceptors (Lipinski definition) is 4. The second-order valence-electron chi connectivity index (χ2n) is 11.4. The summed E-state index contributed by atoms with van der Waals surface area (Å²) in [6, 6.07) is 24.7. The lowest BCUT2D eigenvalue weighted by molar-refractivity contribution is -0.132. The van der Waals surface area contributed by atoms with Crippen LogP contribution in [0.4, 0.5) is 0 Å². The van der Waals surface area contributed by atoms with Gasteiger partial charge in [-0.25, -0.2) is 8.42 Å². The average molecular weight is 576 g/mol. The molecular formula is C33H41N3O4S. The van der Waals surface area contributed by atoms with Crippen molar-refractivity contribution >= 4 is 26.8 Å². The molecule has 0 spiro atoms. The summed E-state index contributed by atoms with van der Waals surface area (Å²) in [7, 11) is -2.28. The number of H-pyrrole nitrogens is 1. The monoisotopic (exact) mass is 575 g/mol. The third-order valence-corrected chi connectivity index (χ3v) is 9.18. The van der Waals surface area contributed by atoms with Gasteiger partial charge in [0.25, 0.3) is 0 Å². The van der Waals surface area contributed by atoms with Crippen LogP contribution in [-0.4, -0.2) is 61.9 Å². The van der Waals surface area contributed by atoms with Crippen molar-refractivity contribution in [2.45, 2.75) is 50.5 Å². The quantitative estimate of drug-likeness (QED) is 0.205. The van der Waals surface area contributed by atoms with Gasteiger partial charge in [-0.3, -0.25) is 4.79 Å². The maximum absolute atomic E-state index is 13.9. The van der Waals surface area contributed by atoms with Gasteiger partial charge in [-0.15, -0.1) is 0 Å². The van der Waals surface area contributed by atoms with E-state index in [1.54, 1.807) is 42.3 Å². The van der Waals surface area contributed by atoms with E-state index in [9.17, 15) is 13.2 Å². The smallest absolute Gasteiger partial charge is 0.243 e. The van der Waals surface area contributed by atoms with Crippen LogP contribution < -0.4 is 0 Å². The lowest BCUT2D eigenvalue weighted by atomic mass is 9.87. The van der Waals surface area contributed by atoms with Gasteiger partial charge >= 0.3 is 0 Å². The minimum Gasteiger partial charge on any atom is -0.385 e. The molecule has 4 rings (SSSR count). The van der Waals surface area contributed by atoms with Gasteiger partial charge in [-0.2, -0.15) is 4.31 Å². The minimum absolute atomic E-state index is 0.0257. The van der Waals surface area contributed by atoms with E-state index in [-0.39, 0.29) is 29.3 Å². The zero-order chi connectivity index (χ0) is 29.5. The number of amides is 1. The lowest BCUT2D eigenvalue weighted by Crippen LogP contribution is -2.43. The molecule has 0 bridgehead atoms. The number of aromatic amines is 1. The molecule has 0 atom stereocenters. The summed E-state index contributed by atoms with van der Waals surface area (Å²) in [5.41, 5.74) is 4.42. The summed E-state index contributed by atoms with van der Waals surface area (Å²) in [5, 5.41) is 1.13. The molecule has 0 aliphatic rings. The SMILES string of the molecule is COCCCN(CC(=O)N(CCc1c[nH]c2ccccc12)Cc1ccc(C(C)(C)C)cc1)S(=O)(=O)c1ccccc1. The maximum atomic E-state index is 13.9. The summed E-state index contributed by atoms with van der Waals surface area (Å²) in [4.78, 5) is 19.2. The number of nitrogens with zero attached hydrogens (tertiary/aromatic N) is 2. The van der Waals surface area contributed by atoms with Crippen LogP contribution in [0.15, 0.2) is 90.0 Å². The molecule has 7 nitrogen and oxygen atoms in total. The van der Waals surface area contributed by atoms with Gasteiger partial charge in [0.05, 0.1) is 11.4 Å². The van der Waals surface area contributed by atoms with Crippen molar-refractivity contribution in [3.05, 3.63) is 102 Å². The summed E-state index contributed by atoms with van der Waals surface area (Å²) in [6.45, 7) is 7.71. The van der Waals surface area contributed by atoms with Crippen LogP contribution in [0, 0.1) is 0 Å². The normalized spacial score (nSPS) is 12.2. The first-order valence-corrected chi connectivity index (χ1v) is 15.5. The predicted molar refractivity (Wildman–Crippen MR) is 164 cm³/mol. The van der Waals surface area contributed by atoms with E-state index in [1.807, 2.05) is 24.4 Å². The average Bonchev–Trinajstić information content (AvgIpc) is 3.38. The molecule has 8 heteroatoms. The highest BCUT2D eigenvalue weighted by Crippen LogP contribution is 2.24. The number of methoxy groups -OCH3 is 1. The number of rotatable bonds is 13. The first-order chi connectivity index (χ1) is 19.6. The third kappa shape index (κ3) is 7.85. The number of carbonyl (C=O) groups excluding carboxylic acids is 1. The number of hydrogen-bond donors (Lipinski definition) is 1. The molecule has 0 unspecified atom stereocenters. The third-order valence-electron chi connectivity index (χ3n) is 7.32. The van der Waals surface area contributed by atoms with Crippen molar-refractivity contribution in [2.75, 3.05) is 33.4 Å². The Bertz CT molecular complexity index is 1520. The topological polar surface area (TPSA) is 82.7 Å². The Kier molecular flexibility index (Phi) is 10.0. The van der Waals surface area contributed by atoms with Gasteiger partial charge < -0.3 is 14.6 Å². The van der Waals surface area contributed by atoms with Crippen LogP contribution in [0.25, 0.3) is 10.9 Å². The van der Waals surface area contributed by atoms with Crippen molar-refractivity contribution in [3.8, 4) is 0 Å². The number of carbonyl (C=O) groups is 1. The number of para-hydroxylation sites is 1. The number of nitrogens with one attached hydrogen (secondary N) is 1. The van der Waals surface area contributed by atoms with E-state index in [0.29, 0.717) is 32.5 Å². The van der Waals surface area contributed by atoms with Crippen molar-refractivity contribution in [2.24, 2.45) is 0 Å². The first kappa shape index (κ1) is 30.5. The number of sulfonamides is 1. The summed E-state index contributed by atoms with van der Waals surface area (Å²) in [5.74, 6) is -0.235. The summed E-state index contributed by atoms with van der Waals surface area (Å²) in [6.07, 6.45) is 3.12. The number of aromatic nitrogens is 1. The number of fused-ring (bicyclic) bond motifs is 1. The Morgan fingerprint density at radius 3 is 2.27 bits per heavy atom. The van der Waals surface area contributed by atoms with Crippen LogP contribution in [0.3, 0.4) is 0 Å². The van der Waals surface area contributed by atoms with Crippen molar-refractivity contribution in [3.63, 3.8) is 0 Å². The van der Waals surface area contributed by atoms with E-state index >= 15 is 0 Å². The Morgan fingerprint density at radius 2 is 1.59 bits per heavy atom. The predicted octanol–water partition coefficient (Wildman–Crippen LogP) is 5.76. The van der Waals surface area contributed by atoms with Crippen LogP contribution in [-0.2, 0) is 37.9 Å². The van der Waals surface area contributed by atoms with E-state index in [2.05, 4.69) is 56.1 Å². The maximum Gasteiger partial charge on any atom is 0.243 e. The summed E-state index contributed by atoms with van der Waals surface area (Å²) >= 11 is 0. The first-order valence-electron chi connectivity index (χ1n) is 14.1. The Morgan fingerprint density at radius 1 is 0.902 bits per heavy atom. The van der Waals surface area contributed by atoms with E-state index in [0.717, 1.165) is 22.0 Å². The Balaban J connectivity index is 1.59. The molecule has 0 saturated carbocycles. The molecule has 41 heavy (non-hydrogen) atoms. The van der Waals surface area contributed by atoms with Gasteiger partial charge in [-0.05, 0) is 53.1 Å². The van der Waals surface area contributed by atoms with Gasteiger partial charge in [0.15, 0.2) is 0 Å². The molecule has 1 amide bonds. The highest BCUT2D eigenvalue weighted by atomic mass is 32.2. The highest BCUT2D eigenvalue weighted by molar-refractivity contribution is 7.89. The Labute approximate surface area is 244 Å². The largest absolute Gasteiger partial charge is 0.385 e. The van der Waals surface area contributed by atoms with Gasteiger partial charge in [0.2, 0.25) is 15.9 Å². The molecular weight excluding hydrogens is 534 g/mol. The molecule has 1 heterocycles. The minimum atomic E-state index is -3.87. The van der Waals surface area contributed by atoms with Gasteiger partial charge in [0, 0.05) is 50.5 Å². The van der Waals surface area contributed by atoms with Crippen molar-refractivity contribution in [1.29, 1.82) is 0 Å². The number of benzene rings is 3. The fraction of sp³-hybridized carbons (Fsp3) is 0.364. The second-order valence-corrected chi connectivity index (χ2v) is 13.3. The molecule has 0 saturated heterocycles. The fourth-order valence-electron chi connectivity index (χ4n) is 4.88. The molecule has 0 aliphatic heterocycles. The molecule has 3 aromatic carbocycles. The molecule has 1 N–H and O–H groups in total. The second kappa shape index (κ2) is 13.5. The van der Waals surface area contributed by atoms with Crippen LogP contribution in [0.1, 0.15) is 43.9 Å². The van der Waals surface area contributed by atoms with E-state index < -0.39 is 10.0 Å². The van der Waals surface area contributed by atoms with Crippen molar-refractivity contribution in [1.82, 2.24) is 14.2 Å². The van der Waals surface area contributed by atoms with Crippen molar-refractivity contribution < 1.29 is 17.9 Å². The standard InChI is InChI=1S/C33H41N3O4S/c1-33(2,3)28-17-15-26(16-18-28)24-35(21-19-27-23-34-31-14-9-8-13-30(27)31)32(37)25-36(20-10-22-40-4)41(38,39)29-11-6-5-7-12-29/h5-9,11-18,23,34H,10,19-22,24-25H2,1-4H3. The van der Waals surface area contributed by atoms with E-state index in [1.165, 1.54) is 9.87 Å². The van der Waals surface area contributed by atoms with Crippen LogP contribution >= 0.6 is 0 Å².